The van der Waals surface area contributed by atoms with E-state index in [1.54, 1.807) is 10.5 Å². The van der Waals surface area contributed by atoms with Crippen LogP contribution in [-0.4, -0.2) is 41.4 Å². The predicted octanol–water partition coefficient (Wildman–Crippen LogP) is 0.959. The molecule has 1 aliphatic heterocycles. The van der Waals surface area contributed by atoms with Crippen LogP contribution in [0.3, 0.4) is 0 Å². The highest BCUT2D eigenvalue weighted by Crippen LogP contribution is 2.27. The first kappa shape index (κ1) is 15.5. The van der Waals surface area contributed by atoms with E-state index in [9.17, 15) is 8.42 Å². The fraction of sp³-hybridized carbons (Fsp3) is 0.769. The summed E-state index contributed by atoms with van der Waals surface area (Å²) in [7, 11) is -3.52. The van der Waals surface area contributed by atoms with E-state index >= 15 is 0 Å². The number of nitrogens with zero attached hydrogens (tertiary/aromatic N) is 3. The minimum Gasteiger partial charge on any atom is -0.334 e. The Morgan fingerprint density at radius 3 is 2.70 bits per heavy atom. The summed E-state index contributed by atoms with van der Waals surface area (Å²) in [6, 6.07) is 0.00915. The molecule has 1 saturated heterocycles. The van der Waals surface area contributed by atoms with Gasteiger partial charge in [0.15, 0.2) is 5.03 Å². The Balaban J connectivity index is 2.32. The third-order valence-corrected chi connectivity index (χ3v) is 5.98. The molecule has 0 radical (unpaired) electrons. The van der Waals surface area contributed by atoms with Gasteiger partial charge < -0.3 is 10.3 Å². The summed E-state index contributed by atoms with van der Waals surface area (Å²) in [6.45, 7) is 7.49. The fourth-order valence-corrected chi connectivity index (χ4v) is 4.45. The van der Waals surface area contributed by atoms with Gasteiger partial charge in [0.1, 0.15) is 5.82 Å². The molecule has 1 aromatic heterocycles. The quantitative estimate of drug-likeness (QED) is 0.898. The number of aromatic nitrogens is 2. The summed E-state index contributed by atoms with van der Waals surface area (Å²) in [6.07, 6.45) is 3.48. The maximum absolute atomic E-state index is 12.7. The van der Waals surface area contributed by atoms with Crippen LogP contribution in [0, 0.1) is 12.8 Å². The number of imidazole rings is 1. The van der Waals surface area contributed by atoms with Crippen LogP contribution in [0.4, 0.5) is 0 Å². The lowest BCUT2D eigenvalue weighted by atomic mass is 9.96. The molecule has 0 spiro atoms. The molecule has 0 aromatic carbocycles. The Morgan fingerprint density at radius 2 is 2.15 bits per heavy atom. The first-order chi connectivity index (χ1) is 9.40. The molecule has 20 heavy (non-hydrogen) atoms. The van der Waals surface area contributed by atoms with Gasteiger partial charge in [0.05, 0.1) is 0 Å². The molecule has 0 aliphatic carbocycles. The van der Waals surface area contributed by atoms with Gasteiger partial charge in [-0.1, -0.05) is 0 Å². The van der Waals surface area contributed by atoms with E-state index in [1.807, 2.05) is 25.3 Å². The molecule has 2 unspecified atom stereocenters. The number of hydrogen-bond acceptors (Lipinski definition) is 4. The number of aryl methyl sites for hydroxylation is 2. The van der Waals surface area contributed by atoms with Gasteiger partial charge in [-0.05, 0) is 46.1 Å². The van der Waals surface area contributed by atoms with Crippen molar-refractivity contribution in [3.63, 3.8) is 0 Å². The second kappa shape index (κ2) is 5.83. The van der Waals surface area contributed by atoms with Gasteiger partial charge >= 0.3 is 0 Å². The van der Waals surface area contributed by atoms with E-state index in [1.165, 1.54) is 0 Å². The Kier molecular flexibility index (Phi) is 4.51. The Labute approximate surface area is 121 Å². The Morgan fingerprint density at radius 1 is 1.45 bits per heavy atom. The van der Waals surface area contributed by atoms with Crippen molar-refractivity contribution in [2.24, 2.45) is 11.7 Å². The minimum absolute atomic E-state index is 0.00915. The van der Waals surface area contributed by atoms with Crippen LogP contribution in [0.1, 0.15) is 32.5 Å². The zero-order valence-corrected chi connectivity index (χ0v) is 13.2. The molecule has 6 nitrogen and oxygen atoms in total. The molecule has 1 fully saturated rings. The predicted molar refractivity (Wildman–Crippen MR) is 77.8 cm³/mol. The lowest BCUT2D eigenvalue weighted by Crippen LogP contribution is -2.47. The van der Waals surface area contributed by atoms with Crippen molar-refractivity contribution in [3.05, 3.63) is 12.0 Å². The van der Waals surface area contributed by atoms with Crippen molar-refractivity contribution < 1.29 is 8.42 Å². The van der Waals surface area contributed by atoms with Crippen molar-refractivity contribution in [2.75, 3.05) is 13.1 Å². The summed E-state index contributed by atoms with van der Waals surface area (Å²) in [5.74, 6) is 0.974. The van der Waals surface area contributed by atoms with Crippen molar-refractivity contribution >= 4 is 10.0 Å². The monoisotopic (exact) mass is 300 g/mol. The second-order valence-corrected chi connectivity index (χ2v) is 7.35. The molecule has 1 aliphatic rings. The number of nitrogens with two attached hydrogens (primary N) is 1. The lowest BCUT2D eigenvalue weighted by molar-refractivity contribution is 0.210. The van der Waals surface area contributed by atoms with Crippen molar-refractivity contribution in [2.45, 2.75) is 51.2 Å². The normalized spacial score (nSPS) is 25.0. The van der Waals surface area contributed by atoms with Crippen molar-refractivity contribution in [1.29, 1.82) is 0 Å². The molecule has 2 N–H and O–H groups in total. The van der Waals surface area contributed by atoms with E-state index in [4.69, 9.17) is 5.73 Å². The largest absolute Gasteiger partial charge is 0.334 e. The third-order valence-electron chi connectivity index (χ3n) is 4.12. The summed E-state index contributed by atoms with van der Waals surface area (Å²) >= 11 is 0. The van der Waals surface area contributed by atoms with Gasteiger partial charge in [-0.15, -0.1) is 0 Å². The second-order valence-electron chi connectivity index (χ2n) is 5.52. The highest BCUT2D eigenvalue weighted by molar-refractivity contribution is 7.89. The zero-order valence-electron chi connectivity index (χ0n) is 12.4. The van der Waals surface area contributed by atoms with Gasteiger partial charge in [0.2, 0.25) is 0 Å². The topological polar surface area (TPSA) is 81.2 Å². The van der Waals surface area contributed by atoms with E-state index < -0.39 is 10.0 Å². The van der Waals surface area contributed by atoms with Gasteiger partial charge in [0, 0.05) is 25.3 Å². The lowest BCUT2D eigenvalue weighted by Gasteiger charge is -2.35. The van der Waals surface area contributed by atoms with E-state index in [0.717, 1.165) is 25.2 Å². The summed E-state index contributed by atoms with van der Waals surface area (Å²) in [4.78, 5) is 4.22. The number of piperidine rings is 1. The van der Waals surface area contributed by atoms with Crippen molar-refractivity contribution in [1.82, 2.24) is 13.9 Å². The molecular formula is C13H24N4O2S. The molecule has 0 bridgehead atoms. The van der Waals surface area contributed by atoms with Crippen LogP contribution < -0.4 is 5.73 Å². The van der Waals surface area contributed by atoms with Gasteiger partial charge in [0.25, 0.3) is 10.0 Å². The first-order valence-corrected chi connectivity index (χ1v) is 8.59. The standard InChI is InChI=1S/C13H24N4O2S/c1-4-16-9-13(15-11(16)3)20(18,19)17-8-12(7-14)6-5-10(17)2/h9-10,12H,4-8,14H2,1-3H3. The summed E-state index contributed by atoms with van der Waals surface area (Å²) in [5.41, 5.74) is 5.70. The molecule has 0 saturated carbocycles. The van der Waals surface area contributed by atoms with Crippen molar-refractivity contribution in [3.8, 4) is 0 Å². The van der Waals surface area contributed by atoms with Gasteiger partial charge in [-0.3, -0.25) is 0 Å². The van der Waals surface area contributed by atoms with Crippen LogP contribution in [-0.2, 0) is 16.6 Å². The molecule has 114 valence electrons. The first-order valence-electron chi connectivity index (χ1n) is 7.15. The zero-order chi connectivity index (χ0) is 14.9. The van der Waals surface area contributed by atoms with Crippen LogP contribution >= 0.6 is 0 Å². The van der Waals surface area contributed by atoms with E-state index in [-0.39, 0.29) is 17.0 Å². The molecule has 2 rings (SSSR count). The minimum atomic E-state index is -3.52. The van der Waals surface area contributed by atoms with Crippen LogP contribution in [0.5, 0.6) is 0 Å². The average Bonchev–Trinajstić information content (AvgIpc) is 2.81. The number of hydrogen-bond donors (Lipinski definition) is 1. The molecule has 2 atom stereocenters. The molecular weight excluding hydrogens is 276 g/mol. The number of sulfonamides is 1. The SMILES string of the molecule is CCn1cc(S(=O)(=O)N2CC(CN)CCC2C)nc1C. The maximum atomic E-state index is 12.7. The van der Waals surface area contributed by atoms with Crippen LogP contribution in [0.25, 0.3) is 0 Å². The highest BCUT2D eigenvalue weighted by atomic mass is 32.2. The molecule has 7 heteroatoms. The summed E-state index contributed by atoms with van der Waals surface area (Å²) < 4.78 is 28.9. The van der Waals surface area contributed by atoms with Crippen LogP contribution in [0.2, 0.25) is 0 Å². The summed E-state index contributed by atoms with van der Waals surface area (Å²) in [5, 5.41) is 0.154. The Hall–Kier alpha value is -0.920. The molecule has 2 heterocycles. The average molecular weight is 300 g/mol. The Bertz CT molecular complexity index is 567. The fourth-order valence-electron chi connectivity index (χ4n) is 2.72. The van der Waals surface area contributed by atoms with Crippen LogP contribution in [0.15, 0.2) is 11.2 Å². The maximum Gasteiger partial charge on any atom is 0.262 e. The highest BCUT2D eigenvalue weighted by Gasteiger charge is 2.35. The van der Waals surface area contributed by atoms with Gasteiger partial charge in [-0.25, -0.2) is 13.4 Å². The van der Waals surface area contributed by atoms with E-state index in [0.29, 0.717) is 13.1 Å². The molecule has 1 aromatic rings. The van der Waals surface area contributed by atoms with E-state index in [2.05, 4.69) is 4.98 Å². The number of rotatable bonds is 4. The smallest absolute Gasteiger partial charge is 0.262 e. The van der Waals surface area contributed by atoms with Gasteiger partial charge in [-0.2, -0.15) is 4.31 Å². The molecule has 0 amide bonds. The third kappa shape index (κ3) is 2.75.